The highest BCUT2D eigenvalue weighted by molar-refractivity contribution is 9.10. The van der Waals surface area contributed by atoms with Gasteiger partial charge in [-0.3, -0.25) is 4.79 Å². The standard InChI is InChI=1S/C23H23BrN4O3/c1-15-12-18(13-26-27-22(29)14-25-20-8-6-19(24)7-9-20)16(2)28(15)21-10-4-17(5-11-21)23(30)31-3/h4-13,25H,14H2,1-3H3,(H,27,29)/b26-13-. The lowest BCUT2D eigenvalue weighted by atomic mass is 10.2. The maximum Gasteiger partial charge on any atom is 0.337 e. The fourth-order valence-corrected chi connectivity index (χ4v) is 3.41. The number of hydrogen-bond acceptors (Lipinski definition) is 5. The van der Waals surface area contributed by atoms with E-state index in [0.717, 1.165) is 32.8 Å². The lowest BCUT2D eigenvalue weighted by molar-refractivity contribution is -0.119. The third-order valence-corrected chi connectivity index (χ3v) is 5.24. The van der Waals surface area contributed by atoms with E-state index in [0.29, 0.717) is 5.56 Å². The van der Waals surface area contributed by atoms with Crippen molar-refractivity contribution >= 4 is 39.7 Å². The van der Waals surface area contributed by atoms with Crippen molar-refractivity contribution < 1.29 is 14.3 Å². The van der Waals surface area contributed by atoms with Crippen LogP contribution in [-0.4, -0.2) is 36.3 Å². The second-order valence-corrected chi connectivity index (χ2v) is 7.77. The second kappa shape index (κ2) is 10.1. The molecule has 0 aliphatic rings. The number of carbonyl (C=O) groups excluding carboxylic acids is 2. The number of carbonyl (C=O) groups is 2. The summed E-state index contributed by atoms with van der Waals surface area (Å²) in [6, 6.07) is 16.7. The Balaban J connectivity index is 1.63. The molecule has 0 saturated carbocycles. The van der Waals surface area contributed by atoms with Gasteiger partial charge in [0.1, 0.15) is 0 Å². The lowest BCUT2D eigenvalue weighted by Crippen LogP contribution is -2.25. The van der Waals surface area contributed by atoms with Gasteiger partial charge in [0.15, 0.2) is 0 Å². The molecule has 0 fully saturated rings. The number of rotatable bonds is 7. The molecule has 0 radical (unpaired) electrons. The Morgan fingerprint density at radius 3 is 2.42 bits per heavy atom. The maximum atomic E-state index is 12.0. The van der Waals surface area contributed by atoms with Crippen LogP contribution in [0.3, 0.4) is 0 Å². The van der Waals surface area contributed by atoms with E-state index in [-0.39, 0.29) is 18.4 Å². The minimum atomic E-state index is -0.370. The van der Waals surface area contributed by atoms with Crippen molar-refractivity contribution in [3.05, 3.63) is 81.6 Å². The van der Waals surface area contributed by atoms with Crippen LogP contribution in [-0.2, 0) is 9.53 Å². The molecule has 1 aromatic heterocycles. The number of esters is 1. The molecule has 0 bridgehead atoms. The Hall–Kier alpha value is -3.39. The molecule has 0 saturated heterocycles. The quantitative estimate of drug-likeness (QED) is 0.300. The third kappa shape index (κ3) is 5.61. The molecule has 0 aliphatic carbocycles. The van der Waals surface area contributed by atoms with Gasteiger partial charge in [-0.25, -0.2) is 10.2 Å². The van der Waals surface area contributed by atoms with Crippen molar-refractivity contribution in [3.63, 3.8) is 0 Å². The van der Waals surface area contributed by atoms with Gasteiger partial charge in [-0.1, -0.05) is 15.9 Å². The molecule has 8 heteroatoms. The number of nitrogens with zero attached hydrogens (tertiary/aromatic N) is 2. The summed E-state index contributed by atoms with van der Waals surface area (Å²) in [7, 11) is 1.36. The van der Waals surface area contributed by atoms with Crippen molar-refractivity contribution in [2.45, 2.75) is 13.8 Å². The number of amides is 1. The number of halogens is 1. The number of ether oxygens (including phenoxy) is 1. The van der Waals surface area contributed by atoms with E-state index in [9.17, 15) is 9.59 Å². The number of hydrazone groups is 1. The normalized spacial score (nSPS) is 10.8. The summed E-state index contributed by atoms with van der Waals surface area (Å²) in [6.45, 7) is 4.07. The van der Waals surface area contributed by atoms with Gasteiger partial charge in [0.2, 0.25) is 0 Å². The summed E-state index contributed by atoms with van der Waals surface area (Å²) in [5, 5.41) is 7.12. The highest BCUT2D eigenvalue weighted by atomic mass is 79.9. The van der Waals surface area contributed by atoms with E-state index >= 15 is 0 Å². The minimum Gasteiger partial charge on any atom is -0.465 e. The first kappa shape index (κ1) is 22.3. The third-order valence-electron chi connectivity index (χ3n) is 4.71. The van der Waals surface area contributed by atoms with Gasteiger partial charge in [0, 0.05) is 32.8 Å². The van der Waals surface area contributed by atoms with Crippen molar-refractivity contribution in [2.75, 3.05) is 19.0 Å². The topological polar surface area (TPSA) is 84.7 Å². The molecule has 1 amide bonds. The molecule has 31 heavy (non-hydrogen) atoms. The van der Waals surface area contributed by atoms with Crippen LogP contribution in [0, 0.1) is 13.8 Å². The smallest absolute Gasteiger partial charge is 0.337 e. The zero-order valence-electron chi connectivity index (χ0n) is 17.5. The maximum absolute atomic E-state index is 12.0. The number of nitrogens with one attached hydrogen (secondary N) is 2. The van der Waals surface area contributed by atoms with Crippen molar-refractivity contribution in [3.8, 4) is 5.69 Å². The lowest BCUT2D eigenvalue weighted by Gasteiger charge is -2.10. The average Bonchev–Trinajstić information content (AvgIpc) is 3.06. The molecular weight excluding hydrogens is 460 g/mol. The summed E-state index contributed by atoms with van der Waals surface area (Å²) in [5.41, 5.74) is 7.66. The molecule has 0 spiro atoms. The highest BCUT2D eigenvalue weighted by Gasteiger charge is 2.11. The van der Waals surface area contributed by atoms with Crippen LogP contribution in [0.5, 0.6) is 0 Å². The van der Waals surface area contributed by atoms with Crippen LogP contribution in [0.25, 0.3) is 5.69 Å². The number of methoxy groups -OCH3 is 1. The first-order valence-corrected chi connectivity index (χ1v) is 10.4. The molecule has 0 atom stereocenters. The van der Waals surface area contributed by atoms with E-state index in [1.54, 1.807) is 18.3 Å². The minimum absolute atomic E-state index is 0.116. The Bertz CT molecular complexity index is 1100. The van der Waals surface area contributed by atoms with Crippen LogP contribution < -0.4 is 10.7 Å². The van der Waals surface area contributed by atoms with Gasteiger partial charge >= 0.3 is 5.97 Å². The van der Waals surface area contributed by atoms with E-state index < -0.39 is 0 Å². The van der Waals surface area contributed by atoms with Crippen LogP contribution in [0.2, 0.25) is 0 Å². The number of aromatic nitrogens is 1. The Kier molecular flexibility index (Phi) is 7.25. The van der Waals surface area contributed by atoms with E-state index in [4.69, 9.17) is 4.74 Å². The fourth-order valence-electron chi connectivity index (χ4n) is 3.14. The number of hydrogen-bond donors (Lipinski definition) is 2. The van der Waals surface area contributed by atoms with Gasteiger partial charge in [-0.2, -0.15) is 5.10 Å². The van der Waals surface area contributed by atoms with Crippen LogP contribution in [0.1, 0.15) is 27.3 Å². The number of aryl methyl sites for hydroxylation is 1. The number of anilines is 1. The summed E-state index contributed by atoms with van der Waals surface area (Å²) in [5.74, 6) is -0.614. The van der Waals surface area contributed by atoms with Gasteiger partial charge in [0.05, 0.1) is 25.4 Å². The van der Waals surface area contributed by atoms with Crippen molar-refractivity contribution in [1.82, 2.24) is 9.99 Å². The number of benzene rings is 2. The zero-order chi connectivity index (χ0) is 22.4. The second-order valence-electron chi connectivity index (χ2n) is 6.85. The molecule has 0 aliphatic heterocycles. The monoisotopic (exact) mass is 482 g/mol. The van der Waals surface area contributed by atoms with Crippen LogP contribution >= 0.6 is 15.9 Å². The Morgan fingerprint density at radius 1 is 1.10 bits per heavy atom. The van der Waals surface area contributed by atoms with E-state index in [1.165, 1.54) is 7.11 Å². The fraction of sp³-hybridized carbons (Fsp3) is 0.174. The van der Waals surface area contributed by atoms with Gasteiger partial charge in [0.25, 0.3) is 5.91 Å². The summed E-state index contributed by atoms with van der Waals surface area (Å²) in [6.07, 6.45) is 1.62. The Morgan fingerprint density at radius 2 is 1.77 bits per heavy atom. The molecule has 1 heterocycles. The first-order valence-electron chi connectivity index (χ1n) is 9.58. The van der Waals surface area contributed by atoms with Gasteiger partial charge in [-0.15, -0.1) is 0 Å². The van der Waals surface area contributed by atoms with Gasteiger partial charge < -0.3 is 14.6 Å². The molecule has 0 unspecified atom stereocenters. The largest absolute Gasteiger partial charge is 0.465 e. The molecule has 7 nitrogen and oxygen atoms in total. The average molecular weight is 483 g/mol. The van der Waals surface area contributed by atoms with Crippen LogP contribution in [0.15, 0.2) is 64.2 Å². The SMILES string of the molecule is COC(=O)c1ccc(-n2c(C)cc(/C=N\NC(=O)CNc3ccc(Br)cc3)c2C)cc1. The van der Waals surface area contributed by atoms with Crippen molar-refractivity contribution in [1.29, 1.82) is 0 Å². The molecular formula is C23H23BrN4O3. The molecule has 2 N–H and O–H groups in total. The predicted octanol–water partition coefficient (Wildman–Crippen LogP) is 4.21. The first-order chi connectivity index (χ1) is 14.9. The Labute approximate surface area is 189 Å². The molecule has 160 valence electrons. The molecule has 2 aromatic carbocycles. The zero-order valence-corrected chi connectivity index (χ0v) is 19.1. The van der Waals surface area contributed by atoms with Gasteiger partial charge in [-0.05, 0) is 68.4 Å². The van der Waals surface area contributed by atoms with E-state index in [2.05, 4.69) is 36.3 Å². The summed E-state index contributed by atoms with van der Waals surface area (Å²) in [4.78, 5) is 23.7. The van der Waals surface area contributed by atoms with Crippen molar-refractivity contribution in [2.24, 2.45) is 5.10 Å². The molecule has 3 rings (SSSR count). The summed E-state index contributed by atoms with van der Waals surface area (Å²) >= 11 is 3.37. The van der Waals surface area contributed by atoms with E-state index in [1.807, 2.05) is 56.3 Å². The molecule has 3 aromatic rings. The highest BCUT2D eigenvalue weighted by Crippen LogP contribution is 2.20. The predicted molar refractivity (Wildman–Crippen MR) is 125 cm³/mol. The summed E-state index contributed by atoms with van der Waals surface area (Å²) < 4.78 is 7.77. The van der Waals surface area contributed by atoms with Crippen LogP contribution in [0.4, 0.5) is 5.69 Å².